The molecule has 0 spiro atoms. The largest absolute Gasteiger partial charge is 0.496 e. The van der Waals surface area contributed by atoms with Gasteiger partial charge in [0.05, 0.1) is 21.3 Å². The first-order valence-electron chi connectivity index (χ1n) is 9.58. The maximum absolute atomic E-state index is 12.6. The van der Waals surface area contributed by atoms with Crippen LogP contribution in [0.3, 0.4) is 0 Å². The van der Waals surface area contributed by atoms with E-state index in [1.807, 2.05) is 30.3 Å². The summed E-state index contributed by atoms with van der Waals surface area (Å²) in [7, 11) is 4.78. The number of carbonyl (C=O) groups excluding carboxylic acids is 1. The Bertz CT molecular complexity index is 1050. The van der Waals surface area contributed by atoms with E-state index in [0.717, 1.165) is 16.9 Å². The summed E-state index contributed by atoms with van der Waals surface area (Å²) < 4.78 is 21.4. The Morgan fingerprint density at radius 3 is 2.57 bits per heavy atom. The van der Waals surface area contributed by atoms with Crippen molar-refractivity contribution in [1.82, 2.24) is 15.0 Å². The molecule has 1 fully saturated rings. The Kier molecular flexibility index (Phi) is 5.56. The molecule has 0 aliphatic carbocycles. The van der Waals surface area contributed by atoms with Gasteiger partial charge in [0.15, 0.2) is 17.3 Å². The summed E-state index contributed by atoms with van der Waals surface area (Å²) in [6.07, 6.45) is 0.347. The van der Waals surface area contributed by atoms with Crippen molar-refractivity contribution in [3.05, 3.63) is 53.9 Å². The lowest BCUT2D eigenvalue weighted by atomic mass is 10.1. The van der Waals surface area contributed by atoms with Crippen molar-refractivity contribution < 1.29 is 23.5 Å². The Balaban J connectivity index is 1.50. The van der Waals surface area contributed by atoms with Crippen LogP contribution in [0.4, 0.5) is 0 Å². The lowest BCUT2D eigenvalue weighted by molar-refractivity contribution is -0.128. The molecular weight excluding hydrogens is 386 g/mol. The molecule has 1 amide bonds. The van der Waals surface area contributed by atoms with E-state index >= 15 is 0 Å². The van der Waals surface area contributed by atoms with Crippen LogP contribution in [0.5, 0.6) is 17.2 Å². The number of amides is 1. The van der Waals surface area contributed by atoms with Crippen LogP contribution in [0.15, 0.2) is 47.0 Å². The van der Waals surface area contributed by atoms with Crippen molar-refractivity contribution in [1.29, 1.82) is 0 Å². The molecule has 0 radical (unpaired) electrons. The summed E-state index contributed by atoms with van der Waals surface area (Å²) in [5.41, 5.74) is 1.69. The van der Waals surface area contributed by atoms with E-state index in [4.69, 9.17) is 18.7 Å². The first kappa shape index (κ1) is 19.8. The summed E-state index contributed by atoms with van der Waals surface area (Å²) in [5, 5.41) is 4.12. The van der Waals surface area contributed by atoms with E-state index in [0.29, 0.717) is 42.7 Å². The molecule has 2 aromatic carbocycles. The number of hydrogen-bond donors (Lipinski definition) is 0. The van der Waals surface area contributed by atoms with Gasteiger partial charge < -0.3 is 23.6 Å². The minimum atomic E-state index is -0.121. The van der Waals surface area contributed by atoms with E-state index in [1.165, 1.54) is 0 Å². The Morgan fingerprint density at radius 1 is 1.03 bits per heavy atom. The van der Waals surface area contributed by atoms with Crippen LogP contribution in [0, 0.1) is 0 Å². The fraction of sp³-hybridized carbons (Fsp3) is 0.318. The highest BCUT2D eigenvalue weighted by Crippen LogP contribution is 2.34. The van der Waals surface area contributed by atoms with Crippen molar-refractivity contribution in [2.75, 3.05) is 27.9 Å². The van der Waals surface area contributed by atoms with Crippen LogP contribution in [0.2, 0.25) is 0 Å². The predicted molar refractivity (Wildman–Crippen MR) is 109 cm³/mol. The summed E-state index contributed by atoms with van der Waals surface area (Å²) in [6, 6.07) is 13.1. The number of carbonyl (C=O) groups is 1. The molecule has 1 atom stereocenters. The van der Waals surface area contributed by atoms with Crippen LogP contribution < -0.4 is 14.2 Å². The summed E-state index contributed by atoms with van der Waals surface area (Å²) in [4.78, 5) is 18.9. The van der Waals surface area contributed by atoms with Crippen LogP contribution in [-0.2, 0) is 11.3 Å². The van der Waals surface area contributed by atoms with Crippen molar-refractivity contribution in [3.63, 3.8) is 0 Å². The van der Waals surface area contributed by atoms with Crippen LogP contribution in [-0.4, -0.2) is 48.8 Å². The van der Waals surface area contributed by atoms with Gasteiger partial charge in [0, 0.05) is 36.6 Å². The van der Waals surface area contributed by atoms with Crippen LogP contribution in [0.1, 0.15) is 23.7 Å². The molecular formula is C22H23N3O5. The van der Waals surface area contributed by atoms with Gasteiger partial charge in [-0.15, -0.1) is 0 Å². The fourth-order valence-electron chi connectivity index (χ4n) is 3.62. The lowest BCUT2D eigenvalue weighted by Crippen LogP contribution is -2.24. The van der Waals surface area contributed by atoms with Gasteiger partial charge >= 0.3 is 0 Å². The Labute approximate surface area is 174 Å². The first-order chi connectivity index (χ1) is 14.6. The number of hydrogen-bond acceptors (Lipinski definition) is 7. The van der Waals surface area contributed by atoms with Crippen LogP contribution in [0.25, 0.3) is 11.5 Å². The summed E-state index contributed by atoms with van der Waals surface area (Å²) in [5.74, 6) is 2.80. The van der Waals surface area contributed by atoms with E-state index in [9.17, 15) is 4.79 Å². The van der Waals surface area contributed by atoms with Crippen LogP contribution >= 0.6 is 0 Å². The number of nitrogens with zero attached hydrogens (tertiary/aromatic N) is 3. The lowest BCUT2D eigenvalue weighted by Gasteiger charge is -2.17. The van der Waals surface area contributed by atoms with Gasteiger partial charge in [0.25, 0.3) is 5.89 Å². The second kappa shape index (κ2) is 8.44. The zero-order chi connectivity index (χ0) is 21.1. The molecule has 1 aliphatic heterocycles. The second-order valence-corrected chi connectivity index (χ2v) is 7.01. The highest BCUT2D eigenvalue weighted by Gasteiger charge is 2.34. The normalized spacial score (nSPS) is 16.0. The van der Waals surface area contributed by atoms with E-state index in [-0.39, 0.29) is 11.8 Å². The molecule has 0 unspecified atom stereocenters. The van der Waals surface area contributed by atoms with Gasteiger partial charge in [-0.2, -0.15) is 4.98 Å². The molecule has 1 aromatic heterocycles. The molecule has 156 valence electrons. The number of benzene rings is 2. The molecule has 4 rings (SSSR count). The highest BCUT2D eigenvalue weighted by molar-refractivity contribution is 5.79. The van der Waals surface area contributed by atoms with Crippen molar-refractivity contribution in [3.8, 4) is 28.7 Å². The highest BCUT2D eigenvalue weighted by atomic mass is 16.5. The average Bonchev–Trinajstić information content (AvgIpc) is 3.41. The van der Waals surface area contributed by atoms with Gasteiger partial charge in [0.1, 0.15) is 5.75 Å². The number of likely N-dealkylation sites (tertiary alicyclic amines) is 1. The van der Waals surface area contributed by atoms with E-state index < -0.39 is 0 Å². The number of rotatable bonds is 7. The van der Waals surface area contributed by atoms with Gasteiger partial charge in [-0.1, -0.05) is 23.4 Å². The molecule has 0 saturated carbocycles. The quantitative estimate of drug-likeness (QED) is 0.592. The SMILES string of the molecule is COc1ccccc1CN1C[C@H](c2noc(-c3ccc(OC)c(OC)c3)n2)CC1=O. The molecule has 2 heterocycles. The molecule has 1 aliphatic rings. The van der Waals surface area contributed by atoms with Crippen molar-refractivity contribution in [2.45, 2.75) is 18.9 Å². The maximum atomic E-state index is 12.6. The molecule has 30 heavy (non-hydrogen) atoms. The number of methoxy groups -OCH3 is 3. The summed E-state index contributed by atoms with van der Waals surface area (Å²) >= 11 is 0. The zero-order valence-electron chi connectivity index (χ0n) is 17.1. The number of aromatic nitrogens is 2. The van der Waals surface area contributed by atoms with Crippen molar-refractivity contribution >= 4 is 5.91 Å². The molecule has 1 saturated heterocycles. The predicted octanol–water partition coefficient (Wildman–Crippen LogP) is 3.28. The Morgan fingerprint density at radius 2 is 1.80 bits per heavy atom. The molecule has 0 bridgehead atoms. The third kappa shape index (κ3) is 3.80. The second-order valence-electron chi connectivity index (χ2n) is 7.01. The van der Waals surface area contributed by atoms with Crippen molar-refractivity contribution in [2.24, 2.45) is 0 Å². The zero-order valence-corrected chi connectivity index (χ0v) is 17.1. The third-order valence-corrected chi connectivity index (χ3v) is 5.21. The van der Waals surface area contributed by atoms with E-state index in [1.54, 1.807) is 38.4 Å². The topological polar surface area (TPSA) is 86.9 Å². The molecule has 3 aromatic rings. The standard InChI is InChI=1S/C22H23N3O5/c1-27-17-7-5-4-6-15(17)12-25-13-16(11-20(25)26)21-23-22(30-24-21)14-8-9-18(28-2)19(10-14)29-3/h4-10,16H,11-13H2,1-3H3/t16-/m1/s1. The van der Waals surface area contributed by atoms with Gasteiger partial charge in [-0.25, -0.2) is 0 Å². The smallest absolute Gasteiger partial charge is 0.258 e. The minimum Gasteiger partial charge on any atom is -0.496 e. The number of ether oxygens (including phenoxy) is 3. The maximum Gasteiger partial charge on any atom is 0.258 e. The van der Waals surface area contributed by atoms with Gasteiger partial charge in [-0.3, -0.25) is 4.79 Å². The summed E-state index contributed by atoms with van der Waals surface area (Å²) in [6.45, 7) is 1.02. The van der Waals surface area contributed by atoms with E-state index in [2.05, 4.69) is 10.1 Å². The first-order valence-corrected chi connectivity index (χ1v) is 9.58. The minimum absolute atomic E-state index is 0.0587. The fourth-order valence-corrected chi connectivity index (χ4v) is 3.62. The molecule has 0 N–H and O–H groups in total. The molecule has 8 heteroatoms. The van der Waals surface area contributed by atoms with Gasteiger partial charge in [-0.05, 0) is 24.3 Å². The average molecular weight is 409 g/mol. The number of para-hydroxylation sites is 1. The third-order valence-electron chi connectivity index (χ3n) is 5.21. The monoisotopic (exact) mass is 409 g/mol. The van der Waals surface area contributed by atoms with Gasteiger partial charge in [0.2, 0.25) is 5.91 Å². The molecule has 8 nitrogen and oxygen atoms in total. The Hall–Kier alpha value is -3.55.